The van der Waals surface area contributed by atoms with Gasteiger partial charge in [0, 0.05) is 14.1 Å². The molecule has 1 fully saturated rings. The molecule has 2 heterocycles. The molecule has 0 spiro atoms. The Morgan fingerprint density at radius 1 is 1.28 bits per heavy atom. The number of β-amino-alcohol motifs (C(OH)–C–C–N with tert-alkyl or cyclic N) is 1. The number of imide groups is 1. The summed E-state index contributed by atoms with van der Waals surface area (Å²) in [6.45, 7) is 0.233. The second kappa shape index (κ2) is 7.01. The Balaban J connectivity index is 1.66. The number of amidine groups is 1. The summed E-state index contributed by atoms with van der Waals surface area (Å²) in [5.74, 6) is 0.315. The molecule has 2 aliphatic rings. The van der Waals surface area contributed by atoms with Crippen molar-refractivity contribution < 1.29 is 19.4 Å². The molecule has 8 nitrogen and oxygen atoms in total. The molecule has 1 aromatic carbocycles. The number of para-hydroxylation sites is 1. The third kappa shape index (κ3) is 3.34. The number of hydrogen-bond donors (Lipinski definition) is 1. The van der Waals surface area contributed by atoms with Crippen molar-refractivity contribution in [1.82, 2.24) is 14.7 Å². The lowest BCUT2D eigenvalue weighted by molar-refractivity contribution is -0.136. The zero-order valence-corrected chi connectivity index (χ0v) is 15.5. The molecule has 134 valence electrons. The number of amides is 3. The monoisotopic (exact) mass is 410 g/mol. The quantitative estimate of drug-likeness (QED) is 0.722. The molecule has 0 saturated carbocycles. The third-order valence-corrected chi connectivity index (χ3v) is 4.92. The minimum absolute atomic E-state index is 0.0803. The highest BCUT2D eigenvalue weighted by molar-refractivity contribution is 9.18. The largest absolute Gasteiger partial charge is 0.491 e. The molecule has 0 aliphatic carbocycles. The molecule has 25 heavy (non-hydrogen) atoms. The Hall–Kier alpha value is -2.13. The van der Waals surface area contributed by atoms with Crippen LogP contribution < -0.4 is 4.74 Å². The van der Waals surface area contributed by atoms with E-state index in [-0.39, 0.29) is 19.1 Å². The summed E-state index contributed by atoms with van der Waals surface area (Å²) in [5, 5.41) is 10.3. The molecule has 3 amide bonds. The van der Waals surface area contributed by atoms with E-state index in [1.165, 1.54) is 11.9 Å². The lowest BCUT2D eigenvalue weighted by Gasteiger charge is -2.40. The van der Waals surface area contributed by atoms with E-state index in [0.29, 0.717) is 10.5 Å². The number of benzene rings is 1. The first-order chi connectivity index (χ1) is 11.9. The van der Waals surface area contributed by atoms with Crippen molar-refractivity contribution in [2.75, 3.05) is 27.2 Å². The fraction of sp³-hybridized carbons (Fsp3) is 0.438. The van der Waals surface area contributed by atoms with Gasteiger partial charge in [-0.05, 0) is 28.1 Å². The summed E-state index contributed by atoms with van der Waals surface area (Å²) in [6, 6.07) is 8.12. The van der Waals surface area contributed by atoms with Crippen LogP contribution >= 0.6 is 15.9 Å². The Bertz CT molecular complexity index is 699. The zero-order valence-electron chi connectivity index (χ0n) is 13.9. The van der Waals surface area contributed by atoms with Crippen molar-refractivity contribution in [3.05, 3.63) is 30.3 Å². The molecule has 0 radical (unpaired) electrons. The number of aliphatic hydroxyl groups is 1. The highest BCUT2D eigenvalue weighted by atomic mass is 79.9. The Morgan fingerprint density at radius 2 is 1.96 bits per heavy atom. The van der Waals surface area contributed by atoms with Crippen LogP contribution in [-0.4, -0.2) is 82.0 Å². The Morgan fingerprint density at radius 3 is 2.64 bits per heavy atom. The topological polar surface area (TPSA) is 85.7 Å². The van der Waals surface area contributed by atoms with Crippen LogP contribution in [0.15, 0.2) is 35.3 Å². The van der Waals surface area contributed by atoms with Crippen molar-refractivity contribution in [3.8, 4) is 5.75 Å². The van der Waals surface area contributed by atoms with Gasteiger partial charge in [0.2, 0.25) is 0 Å². The first-order valence-corrected chi connectivity index (χ1v) is 8.59. The SMILES string of the molecule is CN1C(=O)C2C(N=C(Br)N2CC(O)COc2ccccc2)N(C)C1=O. The summed E-state index contributed by atoms with van der Waals surface area (Å²) in [5.41, 5.74) is 0. The zero-order chi connectivity index (χ0) is 18.1. The van der Waals surface area contributed by atoms with Gasteiger partial charge in [-0.25, -0.2) is 9.79 Å². The molecular weight excluding hydrogens is 392 g/mol. The van der Waals surface area contributed by atoms with Crippen LogP contribution in [0.1, 0.15) is 0 Å². The van der Waals surface area contributed by atoms with Gasteiger partial charge in [0.05, 0.1) is 6.54 Å². The van der Waals surface area contributed by atoms with E-state index in [9.17, 15) is 14.7 Å². The van der Waals surface area contributed by atoms with Gasteiger partial charge in [0.25, 0.3) is 5.91 Å². The molecule has 1 saturated heterocycles. The summed E-state index contributed by atoms with van der Waals surface area (Å²) >= 11 is 3.33. The van der Waals surface area contributed by atoms with Gasteiger partial charge in [0.15, 0.2) is 17.0 Å². The number of carbonyl (C=O) groups excluding carboxylic acids is 2. The highest BCUT2D eigenvalue weighted by Crippen LogP contribution is 2.29. The van der Waals surface area contributed by atoms with E-state index in [4.69, 9.17) is 4.74 Å². The predicted molar refractivity (Wildman–Crippen MR) is 94.5 cm³/mol. The van der Waals surface area contributed by atoms with Crippen LogP contribution in [0.2, 0.25) is 0 Å². The third-order valence-electron chi connectivity index (χ3n) is 4.26. The van der Waals surface area contributed by atoms with E-state index >= 15 is 0 Å². The van der Waals surface area contributed by atoms with Crippen LogP contribution in [0.4, 0.5) is 4.79 Å². The standard InChI is InChI=1S/C16H19BrN4O4/c1-19-13-12(14(23)20(2)16(19)24)21(15(17)18-13)8-10(22)9-25-11-6-4-3-5-7-11/h3-7,10,12-13,22H,8-9H2,1-2H3. The number of rotatable bonds is 5. The molecule has 9 heteroatoms. The molecular formula is C16H19BrN4O4. The normalized spacial score (nSPS) is 24.3. The average molecular weight is 411 g/mol. The van der Waals surface area contributed by atoms with Crippen molar-refractivity contribution in [1.29, 1.82) is 0 Å². The maximum atomic E-state index is 12.5. The number of halogens is 1. The highest BCUT2D eigenvalue weighted by Gasteiger charge is 2.50. The fourth-order valence-corrected chi connectivity index (χ4v) is 3.48. The summed E-state index contributed by atoms with van der Waals surface area (Å²) in [7, 11) is 3.04. The number of hydrogen-bond acceptors (Lipinski definition) is 6. The molecule has 2 aliphatic heterocycles. The average Bonchev–Trinajstić information content (AvgIpc) is 2.94. The Kier molecular flexibility index (Phi) is 4.96. The fourth-order valence-electron chi connectivity index (χ4n) is 2.91. The minimum Gasteiger partial charge on any atom is -0.491 e. The van der Waals surface area contributed by atoms with Crippen LogP contribution in [-0.2, 0) is 4.79 Å². The van der Waals surface area contributed by atoms with Gasteiger partial charge in [-0.3, -0.25) is 9.69 Å². The van der Waals surface area contributed by atoms with E-state index in [1.54, 1.807) is 24.1 Å². The maximum absolute atomic E-state index is 12.5. The van der Waals surface area contributed by atoms with Crippen LogP contribution in [0.3, 0.4) is 0 Å². The molecule has 1 aromatic rings. The van der Waals surface area contributed by atoms with Gasteiger partial charge < -0.3 is 19.6 Å². The van der Waals surface area contributed by atoms with Gasteiger partial charge >= 0.3 is 6.03 Å². The number of likely N-dealkylation sites (N-methyl/N-ethyl adjacent to an activating group) is 2. The number of aliphatic hydroxyl groups excluding tert-OH is 1. The number of carbonyl (C=O) groups is 2. The van der Waals surface area contributed by atoms with E-state index in [1.807, 2.05) is 18.2 Å². The van der Waals surface area contributed by atoms with Crippen LogP contribution in [0.5, 0.6) is 5.75 Å². The van der Waals surface area contributed by atoms with Crippen molar-refractivity contribution in [2.24, 2.45) is 4.99 Å². The lowest BCUT2D eigenvalue weighted by Crippen LogP contribution is -2.64. The second-order valence-electron chi connectivity index (χ2n) is 5.98. The van der Waals surface area contributed by atoms with Crippen molar-refractivity contribution in [3.63, 3.8) is 0 Å². The van der Waals surface area contributed by atoms with Gasteiger partial charge in [-0.1, -0.05) is 18.2 Å². The number of nitrogens with zero attached hydrogens (tertiary/aromatic N) is 4. The smallest absolute Gasteiger partial charge is 0.328 e. The van der Waals surface area contributed by atoms with Gasteiger partial charge in [-0.15, -0.1) is 0 Å². The van der Waals surface area contributed by atoms with Crippen molar-refractivity contribution in [2.45, 2.75) is 18.3 Å². The Labute approximate surface area is 153 Å². The molecule has 0 aromatic heterocycles. The molecule has 3 atom stereocenters. The van der Waals surface area contributed by atoms with Crippen LogP contribution in [0, 0.1) is 0 Å². The minimum atomic E-state index is -0.831. The van der Waals surface area contributed by atoms with Crippen molar-refractivity contribution >= 4 is 32.6 Å². The number of fused-ring (bicyclic) bond motifs is 1. The maximum Gasteiger partial charge on any atom is 0.328 e. The van der Waals surface area contributed by atoms with Gasteiger partial charge in [-0.2, -0.15) is 0 Å². The number of aliphatic imine (C=N–C) groups is 1. The van der Waals surface area contributed by atoms with E-state index in [0.717, 1.165) is 4.90 Å². The summed E-state index contributed by atoms with van der Waals surface area (Å²) in [6.07, 6.45) is -1.43. The first kappa shape index (κ1) is 17.7. The summed E-state index contributed by atoms with van der Waals surface area (Å²) in [4.78, 5) is 33.0. The van der Waals surface area contributed by atoms with E-state index in [2.05, 4.69) is 20.9 Å². The molecule has 3 rings (SSSR count). The molecule has 3 unspecified atom stereocenters. The van der Waals surface area contributed by atoms with Gasteiger partial charge in [0.1, 0.15) is 18.5 Å². The van der Waals surface area contributed by atoms with Crippen LogP contribution in [0.25, 0.3) is 0 Å². The lowest BCUT2D eigenvalue weighted by atomic mass is 10.1. The summed E-state index contributed by atoms with van der Waals surface area (Å²) < 4.78 is 5.98. The second-order valence-corrected chi connectivity index (χ2v) is 6.69. The predicted octanol–water partition coefficient (Wildman–Crippen LogP) is 0.711. The first-order valence-electron chi connectivity index (χ1n) is 7.80. The number of urea groups is 1. The number of ether oxygens (including phenoxy) is 1. The molecule has 0 bridgehead atoms. The molecule has 1 N–H and O–H groups in total. The van der Waals surface area contributed by atoms with E-state index < -0.39 is 24.3 Å².